The first-order valence-electron chi connectivity index (χ1n) is 10.2. The first-order chi connectivity index (χ1) is 16.3. The maximum absolute atomic E-state index is 13.0. The van der Waals surface area contributed by atoms with Crippen molar-refractivity contribution < 1.29 is 19.5 Å². The summed E-state index contributed by atoms with van der Waals surface area (Å²) in [5, 5.41) is 17.5. The summed E-state index contributed by atoms with van der Waals surface area (Å²) in [5.74, 6) is -2.48. The third-order valence-corrected chi connectivity index (χ3v) is 4.78. The standard InChI is InChI=1S/C24H22ClN5O4/c1-15-12-20(25)30-24(27-15)26-14-19(29-21(31)17-10-6-3-7-11-17)22(32)28-18(23(33)34)13-16-8-4-2-5-9-16/h2-12,14,18H,13H2,1H3,(H,28,32)(H,29,31)(H,33,34)(H,26,27,30)/b19-14-/t18-/m0/s1. The molecule has 34 heavy (non-hydrogen) atoms. The van der Waals surface area contributed by atoms with Crippen LogP contribution in [0.4, 0.5) is 5.95 Å². The van der Waals surface area contributed by atoms with E-state index in [1.54, 1.807) is 67.6 Å². The van der Waals surface area contributed by atoms with E-state index in [-0.39, 0.29) is 23.2 Å². The van der Waals surface area contributed by atoms with E-state index in [2.05, 4.69) is 25.9 Å². The minimum absolute atomic E-state index is 0.0614. The number of carboxylic acid groups (broad SMARTS) is 1. The van der Waals surface area contributed by atoms with Crippen molar-refractivity contribution in [1.82, 2.24) is 20.6 Å². The van der Waals surface area contributed by atoms with Gasteiger partial charge in [0, 0.05) is 23.9 Å². The second-order valence-corrected chi connectivity index (χ2v) is 7.62. The number of nitrogens with one attached hydrogen (secondary N) is 3. The number of hydrogen-bond donors (Lipinski definition) is 4. The highest BCUT2D eigenvalue weighted by atomic mass is 35.5. The Morgan fingerprint density at radius 3 is 2.29 bits per heavy atom. The summed E-state index contributed by atoms with van der Waals surface area (Å²) in [4.78, 5) is 45.6. The number of hydrogen-bond acceptors (Lipinski definition) is 6. The van der Waals surface area contributed by atoms with Gasteiger partial charge in [0.2, 0.25) is 5.95 Å². The van der Waals surface area contributed by atoms with Gasteiger partial charge in [0.25, 0.3) is 11.8 Å². The lowest BCUT2D eigenvalue weighted by atomic mass is 10.1. The quantitative estimate of drug-likeness (QED) is 0.274. The van der Waals surface area contributed by atoms with Crippen LogP contribution in [0.1, 0.15) is 21.6 Å². The Balaban J connectivity index is 1.83. The number of aromatic nitrogens is 2. The topological polar surface area (TPSA) is 133 Å². The predicted octanol–water partition coefficient (Wildman–Crippen LogP) is 2.93. The van der Waals surface area contributed by atoms with E-state index in [0.717, 1.165) is 5.56 Å². The smallest absolute Gasteiger partial charge is 0.326 e. The fourth-order valence-corrected chi connectivity index (χ4v) is 3.20. The second kappa shape index (κ2) is 11.6. The molecule has 0 aliphatic heterocycles. The molecule has 0 fully saturated rings. The molecule has 1 heterocycles. The first-order valence-corrected chi connectivity index (χ1v) is 10.6. The van der Waals surface area contributed by atoms with Crippen molar-refractivity contribution in [3.63, 3.8) is 0 Å². The molecule has 0 radical (unpaired) electrons. The van der Waals surface area contributed by atoms with Gasteiger partial charge >= 0.3 is 5.97 Å². The van der Waals surface area contributed by atoms with E-state index >= 15 is 0 Å². The van der Waals surface area contributed by atoms with Gasteiger partial charge in [-0.3, -0.25) is 9.59 Å². The van der Waals surface area contributed by atoms with Gasteiger partial charge in [-0.15, -0.1) is 0 Å². The van der Waals surface area contributed by atoms with Crippen LogP contribution >= 0.6 is 11.6 Å². The molecule has 0 saturated carbocycles. The van der Waals surface area contributed by atoms with Crippen molar-refractivity contribution in [2.45, 2.75) is 19.4 Å². The van der Waals surface area contributed by atoms with Crippen LogP contribution in [0, 0.1) is 6.92 Å². The Hall–Kier alpha value is -4.24. The minimum atomic E-state index is -1.23. The number of carbonyl (C=O) groups is 3. The van der Waals surface area contributed by atoms with Gasteiger partial charge in [-0.2, -0.15) is 0 Å². The van der Waals surface area contributed by atoms with Crippen molar-refractivity contribution in [2.24, 2.45) is 0 Å². The van der Waals surface area contributed by atoms with E-state index in [1.165, 1.54) is 6.20 Å². The molecular weight excluding hydrogens is 458 g/mol. The number of benzene rings is 2. The van der Waals surface area contributed by atoms with E-state index in [4.69, 9.17) is 11.6 Å². The molecule has 0 aliphatic rings. The average Bonchev–Trinajstić information content (AvgIpc) is 2.81. The number of carbonyl (C=O) groups excluding carboxylic acids is 2. The van der Waals surface area contributed by atoms with Crippen LogP contribution in [-0.4, -0.2) is 38.9 Å². The summed E-state index contributed by atoms with van der Waals surface area (Å²) in [7, 11) is 0. The van der Waals surface area contributed by atoms with Gasteiger partial charge in [-0.25, -0.2) is 14.8 Å². The van der Waals surface area contributed by atoms with E-state index in [9.17, 15) is 19.5 Å². The molecule has 3 rings (SSSR count). The Morgan fingerprint density at radius 1 is 1.03 bits per heavy atom. The highest BCUT2D eigenvalue weighted by Gasteiger charge is 2.23. The van der Waals surface area contributed by atoms with Crippen molar-refractivity contribution in [1.29, 1.82) is 0 Å². The third kappa shape index (κ3) is 7.14. The maximum atomic E-state index is 13.0. The number of carboxylic acids is 1. The lowest BCUT2D eigenvalue weighted by Crippen LogP contribution is -2.45. The molecule has 9 nitrogen and oxygen atoms in total. The fraction of sp³-hybridized carbons (Fsp3) is 0.125. The molecule has 2 aromatic carbocycles. The predicted molar refractivity (Wildman–Crippen MR) is 127 cm³/mol. The van der Waals surface area contributed by atoms with Crippen molar-refractivity contribution >= 4 is 35.3 Å². The van der Waals surface area contributed by atoms with E-state index in [1.807, 2.05) is 6.07 Å². The zero-order chi connectivity index (χ0) is 24.5. The highest BCUT2D eigenvalue weighted by Crippen LogP contribution is 2.10. The molecule has 0 spiro atoms. The van der Waals surface area contributed by atoms with Gasteiger partial charge in [0.1, 0.15) is 16.9 Å². The van der Waals surface area contributed by atoms with Crippen LogP contribution in [0.2, 0.25) is 5.15 Å². The SMILES string of the molecule is Cc1cc(Cl)nc(N/C=C(\NC(=O)c2ccccc2)C(=O)N[C@@H](Cc2ccccc2)C(=O)O)n1. The van der Waals surface area contributed by atoms with Crippen LogP contribution in [0.25, 0.3) is 0 Å². The summed E-state index contributed by atoms with van der Waals surface area (Å²) < 4.78 is 0. The molecule has 0 unspecified atom stereocenters. The van der Waals surface area contributed by atoms with Gasteiger partial charge in [-0.05, 0) is 30.7 Å². The Bertz CT molecular complexity index is 1180. The van der Waals surface area contributed by atoms with Crippen LogP contribution in [-0.2, 0) is 16.0 Å². The summed E-state index contributed by atoms with van der Waals surface area (Å²) in [6.45, 7) is 1.72. The van der Waals surface area contributed by atoms with Crippen LogP contribution in [0.15, 0.2) is 78.6 Å². The fourth-order valence-electron chi connectivity index (χ4n) is 2.96. The largest absolute Gasteiger partial charge is 0.480 e. The van der Waals surface area contributed by atoms with Crippen molar-refractivity contribution in [3.05, 3.63) is 101 Å². The van der Waals surface area contributed by atoms with Crippen molar-refractivity contribution in [2.75, 3.05) is 5.32 Å². The molecule has 0 bridgehead atoms. The number of halogens is 1. The normalized spacial score (nSPS) is 11.9. The molecule has 4 N–H and O–H groups in total. The molecular formula is C24H22ClN5O4. The lowest BCUT2D eigenvalue weighted by Gasteiger charge is -2.17. The monoisotopic (exact) mass is 479 g/mol. The summed E-state index contributed by atoms with van der Waals surface area (Å²) in [5.41, 5.74) is 1.41. The first kappa shape index (κ1) is 24.4. The van der Waals surface area contributed by atoms with Crippen molar-refractivity contribution in [3.8, 4) is 0 Å². The molecule has 2 amide bonds. The number of rotatable bonds is 9. The average molecular weight is 480 g/mol. The zero-order valence-corrected chi connectivity index (χ0v) is 18.9. The molecule has 0 saturated heterocycles. The van der Waals surface area contributed by atoms with Crippen LogP contribution < -0.4 is 16.0 Å². The molecule has 1 atom stereocenters. The second-order valence-electron chi connectivity index (χ2n) is 7.23. The lowest BCUT2D eigenvalue weighted by molar-refractivity contribution is -0.141. The zero-order valence-electron chi connectivity index (χ0n) is 18.2. The molecule has 174 valence electrons. The molecule has 1 aromatic heterocycles. The Kier molecular flexibility index (Phi) is 8.31. The Labute approximate surface area is 200 Å². The van der Waals surface area contributed by atoms with Gasteiger partial charge in [0.15, 0.2) is 0 Å². The number of amides is 2. The molecule has 10 heteroatoms. The number of aliphatic carboxylic acids is 1. The van der Waals surface area contributed by atoms with Gasteiger partial charge < -0.3 is 21.1 Å². The van der Waals surface area contributed by atoms with Gasteiger partial charge in [0.05, 0.1) is 0 Å². The van der Waals surface area contributed by atoms with Crippen LogP contribution in [0.3, 0.4) is 0 Å². The number of nitrogens with zero attached hydrogens (tertiary/aromatic N) is 2. The number of aryl methyl sites for hydroxylation is 1. The minimum Gasteiger partial charge on any atom is -0.480 e. The maximum Gasteiger partial charge on any atom is 0.326 e. The summed E-state index contributed by atoms with van der Waals surface area (Å²) >= 11 is 5.95. The van der Waals surface area contributed by atoms with E-state index < -0.39 is 23.8 Å². The van der Waals surface area contributed by atoms with E-state index in [0.29, 0.717) is 11.3 Å². The highest BCUT2D eigenvalue weighted by molar-refractivity contribution is 6.29. The summed E-state index contributed by atoms with van der Waals surface area (Å²) in [6, 6.07) is 17.5. The molecule has 0 aliphatic carbocycles. The van der Waals surface area contributed by atoms with Gasteiger partial charge in [-0.1, -0.05) is 60.1 Å². The third-order valence-electron chi connectivity index (χ3n) is 4.58. The Morgan fingerprint density at radius 2 is 1.68 bits per heavy atom. The number of anilines is 1. The summed E-state index contributed by atoms with van der Waals surface area (Å²) in [6.07, 6.45) is 1.24. The molecule has 3 aromatic rings. The van der Waals surface area contributed by atoms with Crippen LogP contribution in [0.5, 0.6) is 0 Å².